The van der Waals surface area contributed by atoms with Crippen molar-refractivity contribution in [2.75, 3.05) is 19.6 Å². The minimum absolute atomic E-state index is 0.369. The molecule has 0 amide bonds. The fraction of sp³-hybridized carbons (Fsp3) is 0.533. The van der Waals surface area contributed by atoms with Gasteiger partial charge in [0.05, 0.1) is 12.3 Å². The van der Waals surface area contributed by atoms with Crippen LogP contribution in [0.5, 0.6) is 0 Å². The molecule has 0 aromatic heterocycles. The number of oxime groups is 1. The van der Waals surface area contributed by atoms with Gasteiger partial charge in [-0.15, -0.1) is 0 Å². The van der Waals surface area contributed by atoms with Gasteiger partial charge in [0, 0.05) is 13.0 Å². The summed E-state index contributed by atoms with van der Waals surface area (Å²) >= 11 is 0. The Hall–Kier alpha value is -1.39. The normalized spacial score (nSPS) is 18.8. The van der Waals surface area contributed by atoms with E-state index < -0.39 is 0 Å². The summed E-state index contributed by atoms with van der Waals surface area (Å²) in [6.45, 7) is 2.91. The van der Waals surface area contributed by atoms with Crippen molar-refractivity contribution >= 4 is 6.21 Å². The molecule has 1 aliphatic heterocycles. The van der Waals surface area contributed by atoms with Crippen LogP contribution in [0.3, 0.4) is 0 Å². The summed E-state index contributed by atoms with van der Waals surface area (Å²) in [4.78, 5) is 2.33. The van der Waals surface area contributed by atoms with Gasteiger partial charge in [-0.3, -0.25) is 0 Å². The monoisotopic (exact) mass is 262 g/mol. The predicted octanol–water partition coefficient (Wildman–Crippen LogP) is 1.88. The topological polar surface area (TPSA) is 56.1 Å². The third kappa shape index (κ3) is 4.33. The summed E-state index contributed by atoms with van der Waals surface area (Å²) in [5.41, 5.74) is 1.88. The molecule has 0 spiro atoms. The van der Waals surface area contributed by atoms with E-state index in [0.29, 0.717) is 6.42 Å². The van der Waals surface area contributed by atoms with Gasteiger partial charge in [-0.25, -0.2) is 0 Å². The molecule has 0 aliphatic carbocycles. The van der Waals surface area contributed by atoms with Gasteiger partial charge in [-0.05, 0) is 37.1 Å². The molecule has 0 radical (unpaired) electrons. The fourth-order valence-corrected chi connectivity index (χ4v) is 2.67. The van der Waals surface area contributed by atoms with Gasteiger partial charge in [-0.2, -0.15) is 0 Å². The molecule has 4 heteroatoms. The highest BCUT2D eigenvalue weighted by atomic mass is 16.4. The lowest BCUT2D eigenvalue weighted by Gasteiger charge is -2.28. The molecule has 1 fully saturated rings. The van der Waals surface area contributed by atoms with Gasteiger partial charge in [-0.1, -0.05) is 35.8 Å². The van der Waals surface area contributed by atoms with Crippen molar-refractivity contribution in [1.82, 2.24) is 4.90 Å². The zero-order chi connectivity index (χ0) is 13.5. The lowest BCUT2D eigenvalue weighted by atomic mass is 10.0. The molecule has 0 bridgehead atoms. The fourth-order valence-electron chi connectivity index (χ4n) is 2.67. The average molecular weight is 262 g/mol. The van der Waals surface area contributed by atoms with Crippen LogP contribution >= 0.6 is 0 Å². The maximum Gasteiger partial charge on any atom is 0.0736 e. The second kappa shape index (κ2) is 7.26. The van der Waals surface area contributed by atoms with Crippen molar-refractivity contribution < 1.29 is 10.3 Å². The summed E-state index contributed by atoms with van der Waals surface area (Å²) in [5, 5.41) is 21.9. The smallest absolute Gasteiger partial charge is 0.0736 e. The first kappa shape index (κ1) is 14.0. The van der Waals surface area contributed by atoms with Crippen LogP contribution in [0.2, 0.25) is 0 Å². The van der Waals surface area contributed by atoms with Gasteiger partial charge in [0.2, 0.25) is 0 Å². The van der Waals surface area contributed by atoms with E-state index in [9.17, 15) is 5.11 Å². The molecule has 1 unspecified atom stereocenters. The third-order valence-corrected chi connectivity index (χ3v) is 3.63. The third-order valence-electron chi connectivity index (χ3n) is 3.63. The lowest BCUT2D eigenvalue weighted by Crippen LogP contribution is -2.37. The standard InChI is InChI=1S/C15H22N2O2/c18-15(12-17-8-4-1-5-9-17)10-13-6-2-3-7-14(13)11-16-19/h2-3,6-7,11,15,18-19H,1,4-5,8-10,12H2. The van der Waals surface area contributed by atoms with Crippen LogP contribution < -0.4 is 0 Å². The number of aliphatic hydroxyl groups excluding tert-OH is 1. The summed E-state index contributed by atoms with van der Waals surface area (Å²) < 4.78 is 0. The number of β-amino-alcohol motifs (C(OH)–C–C–N with tert-alkyl or cyclic N) is 1. The van der Waals surface area contributed by atoms with Crippen molar-refractivity contribution in [1.29, 1.82) is 0 Å². The summed E-state index contributed by atoms with van der Waals surface area (Å²) in [6.07, 6.45) is 5.43. The van der Waals surface area contributed by atoms with Crippen LogP contribution in [0.25, 0.3) is 0 Å². The van der Waals surface area contributed by atoms with E-state index in [0.717, 1.165) is 30.8 Å². The first-order valence-electron chi connectivity index (χ1n) is 6.95. The van der Waals surface area contributed by atoms with Crippen molar-refractivity contribution in [2.45, 2.75) is 31.8 Å². The molecular formula is C15H22N2O2. The zero-order valence-corrected chi connectivity index (χ0v) is 11.2. The Morgan fingerprint density at radius 1 is 1.21 bits per heavy atom. The Labute approximate surface area is 114 Å². The van der Waals surface area contributed by atoms with Gasteiger partial charge < -0.3 is 15.2 Å². The molecule has 1 saturated heterocycles. The molecule has 2 rings (SSSR count). The second-order valence-electron chi connectivity index (χ2n) is 5.16. The summed E-state index contributed by atoms with van der Waals surface area (Å²) in [5.74, 6) is 0. The molecule has 1 atom stereocenters. The molecule has 104 valence electrons. The largest absolute Gasteiger partial charge is 0.411 e. The maximum atomic E-state index is 10.2. The highest BCUT2D eigenvalue weighted by Crippen LogP contribution is 2.13. The summed E-state index contributed by atoms with van der Waals surface area (Å²) in [6, 6.07) is 7.70. The molecular weight excluding hydrogens is 240 g/mol. The Morgan fingerprint density at radius 2 is 1.95 bits per heavy atom. The van der Waals surface area contributed by atoms with Crippen molar-refractivity contribution in [3.8, 4) is 0 Å². The molecule has 1 aromatic carbocycles. The number of likely N-dealkylation sites (tertiary alicyclic amines) is 1. The Kier molecular flexibility index (Phi) is 5.36. The molecule has 4 nitrogen and oxygen atoms in total. The number of nitrogens with zero attached hydrogens (tertiary/aromatic N) is 2. The SMILES string of the molecule is ON=Cc1ccccc1CC(O)CN1CCCCC1. The lowest BCUT2D eigenvalue weighted by molar-refractivity contribution is 0.101. The number of hydrogen-bond donors (Lipinski definition) is 2. The summed E-state index contributed by atoms with van der Waals surface area (Å²) in [7, 11) is 0. The highest BCUT2D eigenvalue weighted by molar-refractivity contribution is 5.81. The van der Waals surface area contributed by atoms with Gasteiger partial charge in [0.1, 0.15) is 0 Å². The van der Waals surface area contributed by atoms with Gasteiger partial charge in [0.15, 0.2) is 0 Å². The first-order chi connectivity index (χ1) is 9.29. The molecule has 0 saturated carbocycles. The molecule has 1 heterocycles. The van der Waals surface area contributed by atoms with E-state index in [1.165, 1.54) is 25.5 Å². The Balaban J connectivity index is 1.92. The predicted molar refractivity (Wildman–Crippen MR) is 75.8 cm³/mol. The molecule has 19 heavy (non-hydrogen) atoms. The Bertz CT molecular complexity index is 414. The van der Waals surface area contributed by atoms with Gasteiger partial charge in [0.25, 0.3) is 0 Å². The van der Waals surface area contributed by atoms with E-state index >= 15 is 0 Å². The van der Waals surface area contributed by atoms with Crippen molar-refractivity contribution in [3.05, 3.63) is 35.4 Å². The number of benzene rings is 1. The van der Waals surface area contributed by atoms with E-state index in [-0.39, 0.29) is 6.10 Å². The van der Waals surface area contributed by atoms with Crippen LogP contribution in [-0.2, 0) is 6.42 Å². The van der Waals surface area contributed by atoms with E-state index in [4.69, 9.17) is 5.21 Å². The molecule has 2 N–H and O–H groups in total. The number of aliphatic hydroxyl groups is 1. The van der Waals surface area contributed by atoms with Crippen LogP contribution in [0.4, 0.5) is 0 Å². The minimum Gasteiger partial charge on any atom is -0.411 e. The van der Waals surface area contributed by atoms with E-state index in [1.54, 1.807) is 0 Å². The average Bonchev–Trinajstić information content (AvgIpc) is 2.42. The Morgan fingerprint density at radius 3 is 2.68 bits per heavy atom. The van der Waals surface area contributed by atoms with Crippen LogP contribution in [0.1, 0.15) is 30.4 Å². The number of hydrogen-bond acceptors (Lipinski definition) is 4. The van der Waals surface area contributed by atoms with Crippen LogP contribution in [0, 0.1) is 0 Å². The second-order valence-corrected chi connectivity index (χ2v) is 5.16. The quantitative estimate of drug-likeness (QED) is 0.484. The van der Waals surface area contributed by atoms with Gasteiger partial charge >= 0.3 is 0 Å². The minimum atomic E-state index is -0.369. The van der Waals surface area contributed by atoms with Crippen molar-refractivity contribution in [2.24, 2.45) is 5.16 Å². The first-order valence-corrected chi connectivity index (χ1v) is 6.95. The van der Waals surface area contributed by atoms with Crippen LogP contribution in [-0.4, -0.2) is 47.2 Å². The molecule has 1 aromatic rings. The van der Waals surface area contributed by atoms with Crippen LogP contribution in [0.15, 0.2) is 29.4 Å². The number of piperidine rings is 1. The number of rotatable bonds is 5. The van der Waals surface area contributed by atoms with E-state index in [2.05, 4.69) is 10.1 Å². The maximum absolute atomic E-state index is 10.2. The molecule has 1 aliphatic rings. The van der Waals surface area contributed by atoms with E-state index in [1.807, 2.05) is 24.3 Å². The zero-order valence-electron chi connectivity index (χ0n) is 11.2. The van der Waals surface area contributed by atoms with Crippen molar-refractivity contribution in [3.63, 3.8) is 0 Å². The highest BCUT2D eigenvalue weighted by Gasteiger charge is 2.15.